The van der Waals surface area contributed by atoms with Crippen LogP contribution in [0.15, 0.2) is 24.4 Å². The number of aromatic nitrogens is 5. The molecule has 0 saturated carbocycles. The molecule has 2 fully saturated rings. The normalized spacial score (nSPS) is 18.8. The van der Waals surface area contributed by atoms with Crippen molar-refractivity contribution in [2.24, 2.45) is 5.73 Å². The van der Waals surface area contributed by atoms with Crippen molar-refractivity contribution < 1.29 is 4.74 Å². The second-order valence-corrected chi connectivity index (χ2v) is 7.32. The molecule has 0 spiro atoms. The zero-order valence-corrected chi connectivity index (χ0v) is 15.7. The first kappa shape index (κ1) is 17.3. The fourth-order valence-corrected chi connectivity index (χ4v) is 3.78. The average molecular weight is 380 g/mol. The maximum atomic E-state index is 6.08. The lowest BCUT2D eigenvalue weighted by Crippen LogP contribution is -2.41. The van der Waals surface area contributed by atoms with E-state index in [1.54, 1.807) is 0 Å². The first-order chi connectivity index (χ1) is 13.8. The Balaban J connectivity index is 1.59. The molecule has 0 radical (unpaired) electrons. The molecule has 0 bridgehead atoms. The van der Waals surface area contributed by atoms with Crippen LogP contribution in [0.5, 0.6) is 0 Å². The maximum absolute atomic E-state index is 6.08. The van der Waals surface area contributed by atoms with Gasteiger partial charge in [-0.25, -0.2) is 0 Å². The predicted molar refractivity (Wildman–Crippen MR) is 107 cm³/mol. The highest BCUT2D eigenvalue weighted by molar-refractivity contribution is 5.92. The highest BCUT2D eigenvalue weighted by Gasteiger charge is 2.23. The molecule has 0 atom stereocenters. The van der Waals surface area contributed by atoms with Crippen molar-refractivity contribution in [3.8, 4) is 11.4 Å². The van der Waals surface area contributed by atoms with E-state index < -0.39 is 0 Å². The molecule has 1 aromatic carbocycles. The van der Waals surface area contributed by atoms with Crippen molar-refractivity contribution in [2.45, 2.75) is 18.9 Å². The van der Waals surface area contributed by atoms with E-state index in [-0.39, 0.29) is 6.04 Å². The SMILES string of the molecule is NC1CCN(c2nc(-c3cccc4[nH]ncc34)nc(N3CCOCC3)n2)CC1. The van der Waals surface area contributed by atoms with Gasteiger partial charge in [-0.2, -0.15) is 20.1 Å². The van der Waals surface area contributed by atoms with Gasteiger partial charge in [-0.1, -0.05) is 12.1 Å². The average Bonchev–Trinajstić information content (AvgIpc) is 3.23. The predicted octanol–water partition coefficient (Wildman–Crippen LogP) is 1.18. The Morgan fingerprint density at radius 1 is 0.964 bits per heavy atom. The molecule has 4 heterocycles. The highest BCUT2D eigenvalue weighted by atomic mass is 16.5. The molecule has 2 aromatic heterocycles. The number of morpholine rings is 1. The maximum Gasteiger partial charge on any atom is 0.230 e. The van der Waals surface area contributed by atoms with Crippen LogP contribution in [0.2, 0.25) is 0 Å². The quantitative estimate of drug-likeness (QED) is 0.697. The summed E-state index contributed by atoms with van der Waals surface area (Å²) in [6, 6.07) is 6.29. The van der Waals surface area contributed by atoms with Gasteiger partial charge in [0.05, 0.1) is 24.9 Å². The zero-order valence-electron chi connectivity index (χ0n) is 15.7. The van der Waals surface area contributed by atoms with Crippen LogP contribution in [0.4, 0.5) is 11.9 Å². The van der Waals surface area contributed by atoms with Crippen molar-refractivity contribution >= 4 is 22.8 Å². The number of fused-ring (bicyclic) bond motifs is 1. The van der Waals surface area contributed by atoms with Gasteiger partial charge in [0.25, 0.3) is 0 Å². The van der Waals surface area contributed by atoms with Crippen LogP contribution in [0.1, 0.15) is 12.8 Å². The number of hydrogen-bond acceptors (Lipinski definition) is 8. The van der Waals surface area contributed by atoms with Gasteiger partial charge in [0.2, 0.25) is 11.9 Å². The molecule has 9 heteroatoms. The first-order valence-electron chi connectivity index (χ1n) is 9.80. The number of nitrogens with zero attached hydrogens (tertiary/aromatic N) is 6. The summed E-state index contributed by atoms with van der Waals surface area (Å²) in [5.41, 5.74) is 8.01. The molecule has 9 nitrogen and oxygen atoms in total. The standard InChI is InChI=1S/C19H24N8O/c20-13-4-6-26(7-5-13)18-22-17(14-2-1-3-16-15(14)12-21-25-16)23-19(24-18)27-8-10-28-11-9-27/h1-3,12-13H,4-11,20H2,(H,21,25). The molecule has 0 aliphatic carbocycles. The zero-order chi connectivity index (χ0) is 18.9. The van der Waals surface area contributed by atoms with Crippen molar-refractivity contribution in [3.05, 3.63) is 24.4 Å². The van der Waals surface area contributed by atoms with E-state index in [0.717, 1.165) is 61.4 Å². The molecular formula is C19H24N8O. The molecule has 28 heavy (non-hydrogen) atoms. The van der Waals surface area contributed by atoms with E-state index in [1.165, 1.54) is 0 Å². The van der Waals surface area contributed by atoms with Gasteiger partial charge < -0.3 is 20.3 Å². The summed E-state index contributed by atoms with van der Waals surface area (Å²) in [7, 11) is 0. The van der Waals surface area contributed by atoms with E-state index in [9.17, 15) is 0 Å². The van der Waals surface area contributed by atoms with E-state index in [4.69, 9.17) is 25.4 Å². The third-order valence-corrected chi connectivity index (χ3v) is 5.45. The summed E-state index contributed by atoms with van der Waals surface area (Å²) in [6.07, 6.45) is 3.72. The molecule has 0 unspecified atom stereocenters. The Hall–Kier alpha value is -2.78. The molecular weight excluding hydrogens is 356 g/mol. The number of piperidine rings is 1. The van der Waals surface area contributed by atoms with Crippen LogP contribution in [0.25, 0.3) is 22.3 Å². The summed E-state index contributed by atoms with van der Waals surface area (Å²) in [5.74, 6) is 2.10. The summed E-state index contributed by atoms with van der Waals surface area (Å²) in [5, 5.41) is 8.20. The summed E-state index contributed by atoms with van der Waals surface area (Å²) in [4.78, 5) is 18.9. The number of hydrogen-bond donors (Lipinski definition) is 2. The second-order valence-electron chi connectivity index (χ2n) is 7.32. The lowest BCUT2D eigenvalue weighted by molar-refractivity contribution is 0.122. The third-order valence-electron chi connectivity index (χ3n) is 5.45. The fourth-order valence-electron chi connectivity index (χ4n) is 3.78. The number of nitrogens with one attached hydrogen (secondary N) is 1. The van der Waals surface area contributed by atoms with E-state index in [0.29, 0.717) is 25.0 Å². The summed E-state index contributed by atoms with van der Waals surface area (Å²) < 4.78 is 5.49. The minimum atomic E-state index is 0.260. The fraction of sp³-hybridized carbons (Fsp3) is 0.474. The molecule has 0 amide bonds. The van der Waals surface area contributed by atoms with Gasteiger partial charge in [0.15, 0.2) is 5.82 Å². The number of aromatic amines is 1. The van der Waals surface area contributed by atoms with Gasteiger partial charge in [0, 0.05) is 43.2 Å². The molecule has 2 aliphatic heterocycles. The van der Waals surface area contributed by atoms with Crippen molar-refractivity contribution in [2.75, 3.05) is 49.2 Å². The number of anilines is 2. The first-order valence-corrected chi connectivity index (χ1v) is 9.80. The Kier molecular flexibility index (Phi) is 4.53. The molecule has 2 saturated heterocycles. The van der Waals surface area contributed by atoms with Crippen LogP contribution >= 0.6 is 0 Å². The monoisotopic (exact) mass is 380 g/mol. The number of benzene rings is 1. The Morgan fingerprint density at radius 3 is 2.43 bits per heavy atom. The number of H-pyrrole nitrogens is 1. The van der Waals surface area contributed by atoms with Crippen LogP contribution in [0, 0.1) is 0 Å². The summed E-state index contributed by atoms with van der Waals surface area (Å²) >= 11 is 0. The lowest BCUT2D eigenvalue weighted by Gasteiger charge is -2.32. The van der Waals surface area contributed by atoms with Gasteiger partial charge >= 0.3 is 0 Å². The Morgan fingerprint density at radius 2 is 1.68 bits per heavy atom. The number of nitrogens with two attached hydrogens (primary N) is 1. The van der Waals surface area contributed by atoms with E-state index in [1.807, 2.05) is 24.4 Å². The largest absolute Gasteiger partial charge is 0.378 e. The lowest BCUT2D eigenvalue weighted by atomic mass is 10.1. The van der Waals surface area contributed by atoms with Gasteiger partial charge in [-0.3, -0.25) is 5.10 Å². The Bertz CT molecular complexity index is 959. The van der Waals surface area contributed by atoms with Gasteiger partial charge in [-0.15, -0.1) is 0 Å². The summed E-state index contributed by atoms with van der Waals surface area (Å²) in [6.45, 7) is 4.66. The van der Waals surface area contributed by atoms with Gasteiger partial charge in [-0.05, 0) is 18.9 Å². The van der Waals surface area contributed by atoms with E-state index >= 15 is 0 Å². The number of rotatable bonds is 3. The molecule has 146 valence electrons. The van der Waals surface area contributed by atoms with Crippen LogP contribution in [-0.4, -0.2) is 70.6 Å². The smallest absolute Gasteiger partial charge is 0.230 e. The molecule has 5 rings (SSSR count). The number of ether oxygens (including phenoxy) is 1. The molecule has 3 N–H and O–H groups in total. The van der Waals surface area contributed by atoms with Crippen LogP contribution in [-0.2, 0) is 4.74 Å². The topological polar surface area (TPSA) is 109 Å². The van der Waals surface area contributed by atoms with Gasteiger partial charge in [0.1, 0.15) is 0 Å². The van der Waals surface area contributed by atoms with Crippen molar-refractivity contribution in [3.63, 3.8) is 0 Å². The Labute approximate surface area is 162 Å². The molecule has 2 aliphatic rings. The highest BCUT2D eigenvalue weighted by Crippen LogP contribution is 2.28. The van der Waals surface area contributed by atoms with Crippen molar-refractivity contribution in [1.29, 1.82) is 0 Å². The second kappa shape index (κ2) is 7.33. The van der Waals surface area contributed by atoms with Crippen LogP contribution < -0.4 is 15.5 Å². The van der Waals surface area contributed by atoms with Crippen LogP contribution in [0.3, 0.4) is 0 Å². The third kappa shape index (κ3) is 3.27. The minimum Gasteiger partial charge on any atom is -0.378 e. The molecule has 3 aromatic rings. The van der Waals surface area contributed by atoms with E-state index in [2.05, 4.69) is 20.0 Å². The minimum absolute atomic E-state index is 0.260. The van der Waals surface area contributed by atoms with Crippen molar-refractivity contribution in [1.82, 2.24) is 25.1 Å².